The van der Waals surface area contributed by atoms with Gasteiger partial charge in [0.25, 0.3) is 11.8 Å². The highest BCUT2D eigenvalue weighted by Crippen LogP contribution is 2.38. The summed E-state index contributed by atoms with van der Waals surface area (Å²) in [6.07, 6.45) is 1.68. The molecule has 3 aromatic heterocycles. The maximum Gasteiger partial charge on any atom is 0.573 e. The number of methoxy groups -OCH3 is 1. The van der Waals surface area contributed by atoms with Gasteiger partial charge >= 0.3 is 12.5 Å². The summed E-state index contributed by atoms with van der Waals surface area (Å²) in [6, 6.07) is 12.7. The number of aromatic nitrogens is 5. The first-order valence-corrected chi connectivity index (χ1v) is 20.1. The molecule has 16 nitrogen and oxygen atoms in total. The van der Waals surface area contributed by atoms with Crippen LogP contribution in [-0.4, -0.2) is 110 Å². The highest BCUT2D eigenvalue weighted by molar-refractivity contribution is 6.04. The van der Waals surface area contributed by atoms with Gasteiger partial charge in [0, 0.05) is 55.2 Å². The number of hydrogen-bond acceptors (Lipinski definition) is 10. The molecule has 2 aliphatic heterocycles. The van der Waals surface area contributed by atoms with Gasteiger partial charge in [0.1, 0.15) is 29.1 Å². The van der Waals surface area contributed by atoms with Crippen molar-refractivity contribution in [3.63, 3.8) is 0 Å². The molecule has 4 unspecified atom stereocenters. The third-order valence-corrected chi connectivity index (χ3v) is 11.1. The number of nitrogens with one attached hydrogen (secondary N) is 4. The second kappa shape index (κ2) is 18.0. The minimum absolute atomic E-state index is 0.0735. The summed E-state index contributed by atoms with van der Waals surface area (Å²) in [5.41, 5.74) is 2.56. The zero-order valence-corrected chi connectivity index (χ0v) is 34.7. The number of rotatable bonds is 11. The number of piperazine rings is 1. The first-order valence-electron chi connectivity index (χ1n) is 20.1. The number of carbonyl (C=O) groups is 4. The minimum Gasteiger partial charge on any atom is -0.453 e. The number of amides is 4. The molecule has 2 saturated heterocycles. The number of hydrogen-bond donors (Lipinski definition) is 4. The van der Waals surface area contributed by atoms with Crippen LogP contribution < -0.4 is 20.3 Å². The first-order chi connectivity index (χ1) is 29.6. The zero-order valence-electron chi connectivity index (χ0n) is 34.7. The number of H-pyrrole nitrogens is 2. The van der Waals surface area contributed by atoms with E-state index in [9.17, 15) is 32.3 Å². The van der Waals surface area contributed by atoms with E-state index < -0.39 is 30.2 Å². The molecule has 19 heteroatoms. The molecule has 0 spiro atoms. The number of pyridine rings is 1. The number of benzene rings is 2. The van der Waals surface area contributed by atoms with E-state index in [2.05, 4.69) is 40.3 Å². The fourth-order valence-electron chi connectivity index (χ4n) is 7.87. The number of alkyl carbamates (subject to hydrolysis) is 1. The summed E-state index contributed by atoms with van der Waals surface area (Å²) in [5.74, 6) is -0.490. The van der Waals surface area contributed by atoms with E-state index in [-0.39, 0.29) is 52.7 Å². The zero-order chi connectivity index (χ0) is 44.3. The van der Waals surface area contributed by atoms with E-state index in [1.54, 1.807) is 52.4 Å². The lowest BCUT2D eigenvalue weighted by molar-refractivity contribution is -0.274. The number of aromatic amines is 2. The van der Waals surface area contributed by atoms with Gasteiger partial charge in [-0.1, -0.05) is 38.1 Å². The molecule has 326 valence electrons. The number of imidazole rings is 2. The maximum atomic E-state index is 13.7. The number of anilines is 2. The number of alkyl halides is 3. The lowest BCUT2D eigenvalue weighted by Crippen LogP contribution is -2.58. The van der Waals surface area contributed by atoms with E-state index in [4.69, 9.17) is 4.74 Å². The molecule has 2 aromatic carbocycles. The Morgan fingerprint density at radius 1 is 0.903 bits per heavy atom. The van der Waals surface area contributed by atoms with Crippen LogP contribution in [0.4, 0.5) is 29.5 Å². The number of carbonyl (C=O) groups excluding carboxylic acids is 4. The van der Waals surface area contributed by atoms with Crippen molar-refractivity contribution in [3.05, 3.63) is 96.6 Å². The number of likely N-dealkylation sites (tertiary alicyclic amines) is 1. The first kappa shape index (κ1) is 43.2. The predicted octanol–water partition coefficient (Wildman–Crippen LogP) is 6.80. The van der Waals surface area contributed by atoms with Crippen LogP contribution in [0, 0.1) is 5.92 Å². The summed E-state index contributed by atoms with van der Waals surface area (Å²) in [4.78, 5) is 76.4. The normalized spacial score (nSPS) is 18.4. The highest BCUT2D eigenvalue weighted by Gasteiger charge is 2.38. The molecule has 0 radical (unpaired) electrons. The number of nitrogens with zero attached hydrogens (tertiary/aromatic N) is 6. The Balaban J connectivity index is 1.02. The third kappa shape index (κ3) is 9.50. The Bertz CT molecular complexity index is 2390. The maximum absolute atomic E-state index is 13.7. The Hall–Kier alpha value is -6.92. The molecule has 0 saturated carbocycles. The molecule has 7 rings (SSSR count). The van der Waals surface area contributed by atoms with Gasteiger partial charge in [0.05, 0.1) is 43.1 Å². The second-order valence-corrected chi connectivity index (χ2v) is 15.7. The topological polar surface area (TPSA) is 191 Å². The lowest BCUT2D eigenvalue weighted by Gasteiger charge is -2.44. The van der Waals surface area contributed by atoms with Crippen molar-refractivity contribution >= 4 is 35.3 Å². The fourth-order valence-corrected chi connectivity index (χ4v) is 7.87. The van der Waals surface area contributed by atoms with Gasteiger partial charge < -0.3 is 44.8 Å². The van der Waals surface area contributed by atoms with Crippen LogP contribution in [-0.2, 0) is 9.53 Å². The van der Waals surface area contributed by atoms with Gasteiger partial charge in [-0.25, -0.2) is 19.7 Å². The Labute approximate surface area is 355 Å². The predicted molar refractivity (Wildman–Crippen MR) is 222 cm³/mol. The van der Waals surface area contributed by atoms with Crippen molar-refractivity contribution in [1.29, 1.82) is 0 Å². The van der Waals surface area contributed by atoms with Crippen molar-refractivity contribution in [3.8, 4) is 28.1 Å². The van der Waals surface area contributed by atoms with Gasteiger partial charge in [-0.05, 0) is 68.0 Å². The average molecular weight is 857 g/mol. The Morgan fingerprint density at radius 2 is 1.66 bits per heavy atom. The van der Waals surface area contributed by atoms with Crippen molar-refractivity contribution in [2.45, 2.75) is 71.1 Å². The summed E-state index contributed by atoms with van der Waals surface area (Å²) in [5, 5.41) is 5.28. The molecular formula is C43H47F3N10O6. The Morgan fingerprint density at radius 3 is 2.32 bits per heavy atom. The summed E-state index contributed by atoms with van der Waals surface area (Å²) in [7, 11) is 1.24. The molecule has 4 atom stereocenters. The second-order valence-electron chi connectivity index (χ2n) is 15.7. The molecule has 5 aromatic rings. The van der Waals surface area contributed by atoms with Gasteiger partial charge in [-0.15, -0.1) is 13.2 Å². The van der Waals surface area contributed by atoms with Crippen molar-refractivity contribution in [2.75, 3.05) is 37.0 Å². The molecule has 4 amide bonds. The summed E-state index contributed by atoms with van der Waals surface area (Å²) < 4.78 is 50.3. The van der Waals surface area contributed by atoms with Gasteiger partial charge in [0.15, 0.2) is 0 Å². The van der Waals surface area contributed by atoms with Crippen LogP contribution >= 0.6 is 0 Å². The van der Waals surface area contributed by atoms with Crippen LogP contribution in [0.2, 0.25) is 0 Å². The van der Waals surface area contributed by atoms with Gasteiger partial charge in [0.2, 0.25) is 5.91 Å². The average Bonchev–Trinajstić information content (AvgIpc) is 4.06. The van der Waals surface area contributed by atoms with Crippen molar-refractivity contribution in [1.82, 2.24) is 40.0 Å². The van der Waals surface area contributed by atoms with E-state index in [1.807, 2.05) is 32.6 Å². The van der Waals surface area contributed by atoms with Crippen LogP contribution in [0.5, 0.6) is 5.75 Å². The highest BCUT2D eigenvalue weighted by atomic mass is 19.4. The van der Waals surface area contributed by atoms with Gasteiger partial charge in [-0.3, -0.25) is 14.4 Å². The van der Waals surface area contributed by atoms with E-state index in [0.717, 1.165) is 12.5 Å². The van der Waals surface area contributed by atoms with Crippen LogP contribution in [0.3, 0.4) is 0 Å². The lowest BCUT2D eigenvalue weighted by atomic mass is 10.0. The smallest absolute Gasteiger partial charge is 0.453 e. The Kier molecular flexibility index (Phi) is 12.5. The van der Waals surface area contributed by atoms with Gasteiger partial charge in [-0.2, -0.15) is 0 Å². The molecule has 0 bridgehead atoms. The van der Waals surface area contributed by atoms with Crippen LogP contribution in [0.25, 0.3) is 22.4 Å². The van der Waals surface area contributed by atoms with Crippen LogP contribution in [0.15, 0.2) is 79.5 Å². The van der Waals surface area contributed by atoms with E-state index >= 15 is 0 Å². The fraction of sp³-hybridized carbons (Fsp3) is 0.372. The molecule has 4 N–H and O–H groups in total. The quantitative estimate of drug-likeness (QED) is 0.110. The summed E-state index contributed by atoms with van der Waals surface area (Å²) in [6.45, 7) is 9.03. The standard InChI is InChI=1S/C43H47F3N10O6/c1-24(2)37(53-42(60)61-5)41(59)54-16-6-7-34(54)38-49-20-32(52-38)28-10-8-27(9-11-28)31-14-13-30(17-35(31)62-43(44,45)46)51-39(57)29-12-15-36(48-18-29)55-21-26(4)56(22-25(55)3)40(58)33-19-47-23-50-33/h8-15,17-20,23-26,34,37H,6-7,16,21-22H2,1-5H3,(H,47,50)(H,49,52)(H,51,57)(H,53,60). The van der Waals surface area contributed by atoms with Crippen molar-refractivity contribution in [2.24, 2.45) is 5.92 Å². The molecule has 2 fully saturated rings. The molecule has 5 heterocycles. The SMILES string of the molecule is COC(=O)NC(C(=O)N1CCCC1c1ncc(-c2ccc(-c3ccc(NC(=O)c4ccc(N5CC(C)N(C(=O)c6cnc[nH]6)CC5C)nc4)cc3OC(F)(F)F)cc2)[nH]1)C(C)C. The number of halogens is 3. The molecule has 0 aliphatic carbocycles. The minimum atomic E-state index is -5.02. The largest absolute Gasteiger partial charge is 0.573 e. The molecular weight excluding hydrogens is 810 g/mol. The van der Waals surface area contributed by atoms with E-state index in [0.29, 0.717) is 60.2 Å². The van der Waals surface area contributed by atoms with Crippen LogP contribution in [0.1, 0.15) is 73.2 Å². The van der Waals surface area contributed by atoms with E-state index in [1.165, 1.54) is 38.0 Å². The monoisotopic (exact) mass is 856 g/mol. The summed E-state index contributed by atoms with van der Waals surface area (Å²) >= 11 is 0. The van der Waals surface area contributed by atoms with Crippen molar-refractivity contribution < 1.29 is 41.8 Å². The number of ether oxygens (including phenoxy) is 2. The molecule has 62 heavy (non-hydrogen) atoms. The molecule has 2 aliphatic rings. The third-order valence-electron chi connectivity index (χ3n) is 11.1.